The largest absolute Gasteiger partial charge is 0.384 e. The van der Waals surface area contributed by atoms with Crippen LogP contribution in [0.15, 0.2) is 6.33 Å². The molecule has 0 aliphatic heterocycles. The Kier molecular flexibility index (Phi) is 2.62. The molecule has 0 saturated carbocycles. The minimum absolute atomic E-state index is 0.406. The molecule has 0 aromatic carbocycles. The number of aromatic nitrogens is 3. The number of aliphatic hydroxyl groups is 1. The minimum atomic E-state index is -1.03. The summed E-state index contributed by atoms with van der Waals surface area (Å²) in [5.74, 6) is 0.00185. The normalized spacial score (nSPS) is 12.6. The molecule has 0 aliphatic rings. The SMILES string of the molecule is CC(O)C(=O)N(C)c1nncn1C. The van der Waals surface area contributed by atoms with E-state index in [0.29, 0.717) is 5.95 Å². The molecule has 13 heavy (non-hydrogen) atoms. The zero-order valence-electron chi connectivity index (χ0n) is 7.80. The van der Waals surface area contributed by atoms with Crippen LogP contribution in [0.4, 0.5) is 5.95 Å². The second-order valence-electron chi connectivity index (χ2n) is 2.82. The van der Waals surface area contributed by atoms with E-state index in [-0.39, 0.29) is 0 Å². The molecule has 1 amide bonds. The average Bonchev–Trinajstić information content (AvgIpc) is 2.48. The first-order valence-corrected chi connectivity index (χ1v) is 3.83. The van der Waals surface area contributed by atoms with Gasteiger partial charge in [-0.1, -0.05) is 0 Å². The zero-order valence-corrected chi connectivity index (χ0v) is 7.80. The van der Waals surface area contributed by atoms with Crippen molar-refractivity contribution in [2.24, 2.45) is 7.05 Å². The number of rotatable bonds is 2. The third-order valence-corrected chi connectivity index (χ3v) is 1.68. The topological polar surface area (TPSA) is 71.2 Å². The lowest BCUT2D eigenvalue weighted by atomic mass is 10.3. The van der Waals surface area contributed by atoms with Crippen LogP contribution in [0.5, 0.6) is 0 Å². The van der Waals surface area contributed by atoms with Gasteiger partial charge >= 0.3 is 0 Å². The highest BCUT2D eigenvalue weighted by Crippen LogP contribution is 2.06. The molecular weight excluding hydrogens is 172 g/mol. The summed E-state index contributed by atoms with van der Waals surface area (Å²) in [6, 6.07) is 0. The number of likely N-dealkylation sites (N-methyl/N-ethyl adjacent to an activating group) is 1. The van der Waals surface area contributed by atoms with Crippen molar-refractivity contribution in [3.8, 4) is 0 Å². The van der Waals surface area contributed by atoms with Crippen LogP contribution < -0.4 is 4.90 Å². The lowest BCUT2D eigenvalue weighted by Gasteiger charge is -2.16. The van der Waals surface area contributed by atoms with E-state index >= 15 is 0 Å². The first kappa shape index (κ1) is 9.66. The third-order valence-electron chi connectivity index (χ3n) is 1.68. The Morgan fingerprint density at radius 3 is 2.77 bits per heavy atom. The van der Waals surface area contributed by atoms with Gasteiger partial charge in [0.1, 0.15) is 12.4 Å². The Labute approximate surface area is 75.8 Å². The quantitative estimate of drug-likeness (QED) is 0.650. The highest BCUT2D eigenvalue weighted by molar-refractivity contribution is 5.94. The number of hydrogen-bond acceptors (Lipinski definition) is 4. The molecular formula is C7H12N4O2. The van der Waals surface area contributed by atoms with Crippen molar-refractivity contribution in [3.05, 3.63) is 6.33 Å². The Morgan fingerprint density at radius 2 is 2.38 bits per heavy atom. The van der Waals surface area contributed by atoms with E-state index in [0.717, 1.165) is 0 Å². The number of hydrogen-bond donors (Lipinski definition) is 1. The van der Waals surface area contributed by atoms with Crippen LogP contribution in [0, 0.1) is 0 Å². The summed E-state index contributed by atoms with van der Waals surface area (Å²) >= 11 is 0. The fourth-order valence-corrected chi connectivity index (χ4v) is 0.960. The number of carbonyl (C=O) groups is 1. The molecule has 0 fully saturated rings. The van der Waals surface area contributed by atoms with E-state index in [2.05, 4.69) is 10.2 Å². The van der Waals surface area contributed by atoms with Gasteiger partial charge in [-0.2, -0.15) is 0 Å². The maximum Gasteiger partial charge on any atom is 0.257 e. The van der Waals surface area contributed by atoms with Crippen molar-refractivity contribution in [1.29, 1.82) is 0 Å². The molecule has 1 heterocycles. The van der Waals surface area contributed by atoms with E-state index < -0.39 is 12.0 Å². The Balaban J connectivity index is 2.85. The summed E-state index contributed by atoms with van der Waals surface area (Å²) < 4.78 is 1.60. The van der Waals surface area contributed by atoms with E-state index in [1.165, 1.54) is 18.2 Å². The Hall–Kier alpha value is -1.43. The molecule has 1 aromatic heterocycles. The van der Waals surface area contributed by atoms with Crippen LogP contribution in [0.2, 0.25) is 0 Å². The summed E-state index contributed by atoms with van der Waals surface area (Å²) in [7, 11) is 3.26. The van der Waals surface area contributed by atoms with Crippen molar-refractivity contribution in [2.45, 2.75) is 13.0 Å². The number of carbonyl (C=O) groups excluding carboxylic acids is 1. The molecule has 1 atom stereocenters. The molecule has 1 aromatic rings. The third kappa shape index (κ3) is 1.83. The van der Waals surface area contributed by atoms with E-state index in [4.69, 9.17) is 5.11 Å². The molecule has 0 saturated heterocycles. The summed E-state index contributed by atoms with van der Waals surface area (Å²) in [5.41, 5.74) is 0. The molecule has 1 unspecified atom stereocenters. The number of aliphatic hydroxyl groups excluding tert-OH is 1. The standard InChI is InChI=1S/C7H12N4O2/c1-5(12)6(13)11(3)7-9-8-4-10(7)2/h4-5,12H,1-3H3. The van der Waals surface area contributed by atoms with E-state index in [1.54, 1.807) is 18.7 Å². The lowest BCUT2D eigenvalue weighted by molar-refractivity contribution is -0.125. The number of nitrogens with zero attached hydrogens (tertiary/aromatic N) is 4. The van der Waals surface area contributed by atoms with Gasteiger partial charge in [-0.25, -0.2) is 0 Å². The number of aryl methyl sites for hydroxylation is 1. The molecule has 6 nitrogen and oxygen atoms in total. The summed E-state index contributed by atoms with van der Waals surface area (Å²) in [6.07, 6.45) is 0.461. The second kappa shape index (κ2) is 3.53. The van der Waals surface area contributed by atoms with Crippen LogP contribution in [0.1, 0.15) is 6.92 Å². The second-order valence-corrected chi connectivity index (χ2v) is 2.82. The van der Waals surface area contributed by atoms with Crippen LogP contribution in [-0.4, -0.2) is 38.9 Å². The Bertz CT molecular complexity index is 307. The molecule has 1 rings (SSSR count). The van der Waals surface area contributed by atoms with E-state index in [9.17, 15) is 4.79 Å². The van der Waals surface area contributed by atoms with Crippen molar-refractivity contribution < 1.29 is 9.90 Å². The number of amides is 1. The van der Waals surface area contributed by atoms with Crippen LogP contribution in [0.3, 0.4) is 0 Å². The van der Waals surface area contributed by atoms with Crippen molar-refractivity contribution >= 4 is 11.9 Å². The summed E-state index contributed by atoms with van der Waals surface area (Å²) in [6.45, 7) is 1.41. The highest BCUT2D eigenvalue weighted by atomic mass is 16.3. The number of anilines is 1. The minimum Gasteiger partial charge on any atom is -0.384 e. The van der Waals surface area contributed by atoms with Crippen LogP contribution >= 0.6 is 0 Å². The molecule has 0 spiro atoms. The van der Waals surface area contributed by atoms with Gasteiger partial charge in [0.15, 0.2) is 0 Å². The lowest BCUT2D eigenvalue weighted by Crippen LogP contribution is -2.36. The monoisotopic (exact) mass is 184 g/mol. The van der Waals surface area contributed by atoms with Gasteiger partial charge < -0.3 is 9.67 Å². The summed E-state index contributed by atoms with van der Waals surface area (Å²) in [4.78, 5) is 12.5. The van der Waals surface area contributed by atoms with E-state index in [1.807, 2.05) is 0 Å². The predicted molar refractivity (Wildman–Crippen MR) is 46.1 cm³/mol. The molecule has 0 aliphatic carbocycles. The van der Waals surface area contributed by atoms with Crippen LogP contribution in [0.25, 0.3) is 0 Å². The summed E-state index contributed by atoms with van der Waals surface area (Å²) in [5, 5.41) is 16.4. The zero-order chi connectivity index (χ0) is 10.0. The smallest absolute Gasteiger partial charge is 0.257 e. The first-order chi connectivity index (χ1) is 6.04. The highest BCUT2D eigenvalue weighted by Gasteiger charge is 2.19. The maximum atomic E-state index is 11.3. The van der Waals surface area contributed by atoms with Crippen molar-refractivity contribution in [1.82, 2.24) is 14.8 Å². The van der Waals surface area contributed by atoms with Gasteiger partial charge in [-0.3, -0.25) is 9.69 Å². The maximum absolute atomic E-state index is 11.3. The molecule has 6 heteroatoms. The first-order valence-electron chi connectivity index (χ1n) is 3.83. The molecule has 72 valence electrons. The van der Waals surface area contributed by atoms with Crippen molar-refractivity contribution in [2.75, 3.05) is 11.9 Å². The Morgan fingerprint density at radius 1 is 1.77 bits per heavy atom. The van der Waals surface area contributed by atoms with Gasteiger partial charge in [-0.05, 0) is 6.92 Å². The predicted octanol–water partition coefficient (Wildman–Crippen LogP) is -0.841. The fraction of sp³-hybridized carbons (Fsp3) is 0.571. The van der Waals surface area contributed by atoms with Gasteiger partial charge in [0.2, 0.25) is 5.95 Å². The molecule has 0 radical (unpaired) electrons. The average molecular weight is 184 g/mol. The van der Waals surface area contributed by atoms with Crippen molar-refractivity contribution in [3.63, 3.8) is 0 Å². The van der Waals surface area contributed by atoms with Gasteiger partial charge in [-0.15, -0.1) is 10.2 Å². The van der Waals surface area contributed by atoms with Gasteiger partial charge in [0, 0.05) is 14.1 Å². The van der Waals surface area contributed by atoms with Gasteiger partial charge in [0.05, 0.1) is 0 Å². The molecule has 1 N–H and O–H groups in total. The van der Waals surface area contributed by atoms with Gasteiger partial charge in [0.25, 0.3) is 5.91 Å². The fourth-order valence-electron chi connectivity index (χ4n) is 0.960. The van der Waals surface area contributed by atoms with Crippen LogP contribution in [-0.2, 0) is 11.8 Å². The molecule has 0 bridgehead atoms.